The monoisotopic (exact) mass is 525 g/mol. The number of aliphatic hydroxyl groups is 1. The predicted octanol–water partition coefficient (Wildman–Crippen LogP) is 2.66. The molecule has 37 heavy (non-hydrogen) atoms. The maximum Gasteiger partial charge on any atom is 0.243 e. The maximum atomic E-state index is 13.7. The van der Waals surface area contributed by atoms with E-state index in [0.717, 1.165) is 5.56 Å². The van der Waals surface area contributed by atoms with Crippen LogP contribution in [0.15, 0.2) is 65.6 Å². The van der Waals surface area contributed by atoms with E-state index in [1.807, 2.05) is 35.2 Å². The number of aliphatic hydroxyl groups excluding tert-OH is 1. The quantitative estimate of drug-likeness (QED) is 0.647. The average Bonchev–Trinajstić information content (AvgIpc) is 3.39. The minimum atomic E-state index is -3.80. The van der Waals surface area contributed by atoms with E-state index in [2.05, 4.69) is 0 Å². The highest BCUT2D eigenvalue weighted by molar-refractivity contribution is 7.89. The summed E-state index contributed by atoms with van der Waals surface area (Å²) >= 11 is 0. The first-order valence-corrected chi connectivity index (χ1v) is 14.7. The number of carbonyl (C=O) groups is 2. The Hall–Kier alpha value is -2.75. The second-order valence-corrected chi connectivity index (χ2v) is 12.3. The van der Waals surface area contributed by atoms with Gasteiger partial charge in [0, 0.05) is 38.6 Å². The van der Waals surface area contributed by atoms with Crippen molar-refractivity contribution in [1.29, 1.82) is 0 Å². The molecule has 198 valence electrons. The Morgan fingerprint density at radius 2 is 1.30 bits per heavy atom. The normalized spacial score (nSPS) is 25.8. The van der Waals surface area contributed by atoms with E-state index in [9.17, 15) is 23.1 Å². The summed E-state index contributed by atoms with van der Waals surface area (Å²) in [6.45, 7) is 2.12. The van der Waals surface area contributed by atoms with Gasteiger partial charge in [0.15, 0.2) is 0 Å². The van der Waals surface area contributed by atoms with E-state index in [1.54, 1.807) is 35.2 Å². The van der Waals surface area contributed by atoms with Crippen LogP contribution in [0, 0.1) is 11.8 Å². The van der Waals surface area contributed by atoms with Gasteiger partial charge in [0.25, 0.3) is 0 Å². The number of piperidine rings is 2. The average molecular weight is 526 g/mol. The molecule has 2 amide bonds. The van der Waals surface area contributed by atoms with Crippen molar-refractivity contribution in [3.05, 3.63) is 66.2 Å². The van der Waals surface area contributed by atoms with Gasteiger partial charge in [-0.2, -0.15) is 4.31 Å². The topological polar surface area (TPSA) is 98.2 Å². The van der Waals surface area contributed by atoms with Crippen molar-refractivity contribution in [3.63, 3.8) is 0 Å². The smallest absolute Gasteiger partial charge is 0.243 e. The van der Waals surface area contributed by atoms with Crippen LogP contribution in [-0.2, 0) is 19.6 Å². The number of β-amino-alcohol motifs (C(OH)–C–C–N with tert-alkyl or cyclic N) is 1. The van der Waals surface area contributed by atoms with Crippen molar-refractivity contribution in [1.82, 2.24) is 14.1 Å². The summed E-state index contributed by atoms with van der Waals surface area (Å²) in [5.74, 6) is -0.494. The Morgan fingerprint density at radius 3 is 1.92 bits per heavy atom. The molecule has 0 aliphatic carbocycles. The van der Waals surface area contributed by atoms with Gasteiger partial charge in [-0.1, -0.05) is 48.5 Å². The molecule has 2 aromatic rings. The van der Waals surface area contributed by atoms with E-state index in [-0.39, 0.29) is 35.2 Å². The third kappa shape index (κ3) is 5.44. The molecule has 3 heterocycles. The van der Waals surface area contributed by atoms with Crippen LogP contribution in [0.2, 0.25) is 0 Å². The van der Waals surface area contributed by atoms with E-state index in [1.165, 1.54) is 4.31 Å². The third-order valence-corrected chi connectivity index (χ3v) is 9.94. The second-order valence-electron chi connectivity index (χ2n) is 10.4. The van der Waals surface area contributed by atoms with Crippen LogP contribution < -0.4 is 0 Å². The van der Waals surface area contributed by atoms with E-state index < -0.39 is 22.0 Å². The Kier molecular flexibility index (Phi) is 7.65. The van der Waals surface area contributed by atoms with Gasteiger partial charge >= 0.3 is 0 Å². The zero-order valence-electron chi connectivity index (χ0n) is 21.0. The lowest BCUT2D eigenvalue weighted by Crippen LogP contribution is -2.50. The fraction of sp³-hybridized carbons (Fsp3) is 0.500. The van der Waals surface area contributed by atoms with Crippen molar-refractivity contribution in [2.45, 2.75) is 49.1 Å². The van der Waals surface area contributed by atoms with Gasteiger partial charge < -0.3 is 14.9 Å². The molecule has 3 saturated heterocycles. The van der Waals surface area contributed by atoms with Gasteiger partial charge in [-0.3, -0.25) is 9.59 Å². The second kappa shape index (κ2) is 10.9. The van der Waals surface area contributed by atoms with Crippen molar-refractivity contribution in [2.75, 3.05) is 32.7 Å². The fourth-order valence-corrected chi connectivity index (χ4v) is 7.66. The first-order valence-electron chi connectivity index (χ1n) is 13.2. The highest BCUT2D eigenvalue weighted by Gasteiger charge is 2.42. The van der Waals surface area contributed by atoms with Crippen molar-refractivity contribution in [2.24, 2.45) is 11.8 Å². The van der Waals surface area contributed by atoms with E-state index >= 15 is 0 Å². The zero-order chi connectivity index (χ0) is 26.0. The lowest BCUT2D eigenvalue weighted by Gasteiger charge is -2.41. The molecule has 9 heteroatoms. The molecule has 2 aromatic carbocycles. The largest absolute Gasteiger partial charge is 0.391 e. The fourth-order valence-electron chi connectivity index (χ4n) is 5.95. The van der Waals surface area contributed by atoms with Gasteiger partial charge in [-0.05, 0) is 49.8 Å². The Bertz CT molecular complexity index is 1200. The van der Waals surface area contributed by atoms with Crippen LogP contribution in [0.25, 0.3) is 0 Å². The highest BCUT2D eigenvalue weighted by Crippen LogP contribution is 2.38. The number of hydrogen-bond donors (Lipinski definition) is 1. The third-order valence-electron chi connectivity index (χ3n) is 8.05. The SMILES string of the molecule is O=C(C1CCC(c2ccccc2)N(S(=O)(=O)c2ccccc2)C1)N1CCC(C(=O)N2CCC(O)C2)CC1. The number of nitrogens with zero attached hydrogens (tertiary/aromatic N) is 3. The van der Waals surface area contributed by atoms with Crippen LogP contribution in [-0.4, -0.2) is 78.3 Å². The minimum Gasteiger partial charge on any atom is -0.391 e. The van der Waals surface area contributed by atoms with Gasteiger partial charge in [0.05, 0.1) is 23.0 Å². The molecular formula is C28H35N3O5S. The molecule has 0 aromatic heterocycles. The summed E-state index contributed by atoms with van der Waals surface area (Å²) in [6.07, 6.45) is 2.57. The maximum absolute atomic E-state index is 13.7. The number of carbonyl (C=O) groups excluding carboxylic acids is 2. The van der Waals surface area contributed by atoms with Crippen molar-refractivity contribution >= 4 is 21.8 Å². The lowest BCUT2D eigenvalue weighted by molar-refractivity contribution is -0.143. The summed E-state index contributed by atoms with van der Waals surface area (Å²) in [5.41, 5.74) is 0.930. The number of hydrogen-bond acceptors (Lipinski definition) is 5. The van der Waals surface area contributed by atoms with Crippen LogP contribution in [0.5, 0.6) is 0 Å². The summed E-state index contributed by atoms with van der Waals surface area (Å²) in [6, 6.07) is 17.7. The first kappa shape index (κ1) is 25.9. The number of sulfonamides is 1. The van der Waals surface area contributed by atoms with Crippen LogP contribution in [0.4, 0.5) is 0 Å². The number of likely N-dealkylation sites (tertiary alicyclic amines) is 2. The molecule has 0 radical (unpaired) electrons. The summed E-state index contributed by atoms with van der Waals surface area (Å²) < 4.78 is 29.0. The Morgan fingerprint density at radius 1 is 0.703 bits per heavy atom. The molecule has 0 saturated carbocycles. The van der Waals surface area contributed by atoms with Crippen LogP contribution in [0.1, 0.15) is 43.7 Å². The van der Waals surface area contributed by atoms with Gasteiger partial charge in [0.1, 0.15) is 0 Å². The molecule has 0 bridgehead atoms. The van der Waals surface area contributed by atoms with Gasteiger partial charge in [-0.15, -0.1) is 0 Å². The molecule has 8 nitrogen and oxygen atoms in total. The van der Waals surface area contributed by atoms with Crippen molar-refractivity contribution < 1.29 is 23.1 Å². The molecule has 5 rings (SSSR count). The summed E-state index contributed by atoms with van der Waals surface area (Å²) in [7, 11) is -3.80. The molecule has 3 aliphatic rings. The van der Waals surface area contributed by atoms with E-state index in [4.69, 9.17) is 0 Å². The van der Waals surface area contributed by atoms with E-state index in [0.29, 0.717) is 58.3 Å². The molecular weight excluding hydrogens is 490 g/mol. The molecule has 3 fully saturated rings. The van der Waals surface area contributed by atoms with Gasteiger partial charge in [0.2, 0.25) is 21.8 Å². The summed E-state index contributed by atoms with van der Waals surface area (Å²) in [5, 5.41) is 9.76. The molecule has 0 spiro atoms. The molecule has 3 atom stereocenters. The van der Waals surface area contributed by atoms with Gasteiger partial charge in [-0.25, -0.2) is 8.42 Å². The number of rotatable bonds is 5. The number of benzene rings is 2. The molecule has 3 unspecified atom stereocenters. The zero-order valence-corrected chi connectivity index (χ0v) is 21.8. The first-order chi connectivity index (χ1) is 17.8. The standard InChI is InChI=1S/C28H35N3O5S/c32-24-15-18-30(20-24)27(33)22-13-16-29(17-14-22)28(34)23-11-12-26(21-7-3-1-4-8-21)31(19-23)37(35,36)25-9-5-2-6-10-25/h1-10,22-24,26,32H,11-20H2. The molecule has 1 N–H and O–H groups in total. The number of amides is 2. The van der Waals surface area contributed by atoms with Crippen LogP contribution in [0.3, 0.4) is 0 Å². The lowest BCUT2D eigenvalue weighted by atomic mass is 9.88. The highest BCUT2D eigenvalue weighted by atomic mass is 32.2. The molecule has 3 aliphatic heterocycles. The van der Waals surface area contributed by atoms with Crippen LogP contribution >= 0.6 is 0 Å². The summed E-state index contributed by atoms with van der Waals surface area (Å²) in [4.78, 5) is 30.2. The minimum absolute atomic E-state index is 0.0257. The Labute approximate surface area is 218 Å². The van der Waals surface area contributed by atoms with Crippen molar-refractivity contribution in [3.8, 4) is 0 Å². The predicted molar refractivity (Wildman–Crippen MR) is 139 cm³/mol. The Balaban J connectivity index is 1.28.